The van der Waals surface area contributed by atoms with Gasteiger partial charge in [-0.1, -0.05) is 35.5 Å². The van der Waals surface area contributed by atoms with Crippen LogP contribution in [0.5, 0.6) is 0 Å². The predicted molar refractivity (Wildman–Crippen MR) is 115 cm³/mol. The molecule has 166 valence electrons. The molecule has 2 aromatic rings. The van der Waals surface area contributed by atoms with Crippen molar-refractivity contribution >= 4 is 23.2 Å². The van der Waals surface area contributed by atoms with Crippen LogP contribution in [0.15, 0.2) is 51.2 Å². The largest absolute Gasteiger partial charge is 0.511 e. The Balaban J connectivity index is 1.52. The van der Waals surface area contributed by atoms with Gasteiger partial charge in [-0.05, 0) is 24.3 Å². The highest BCUT2D eigenvalue weighted by molar-refractivity contribution is 6.24. The van der Waals surface area contributed by atoms with E-state index in [0.29, 0.717) is 48.4 Å². The van der Waals surface area contributed by atoms with E-state index in [4.69, 9.17) is 9.63 Å². The number of aliphatic hydroxyl groups is 1. The number of Topliss-reactive ketones (excluding diaryl/α,β-unsaturated/α-hetero) is 2. The smallest absolute Gasteiger partial charge is 0.325 e. The number of hydrogen-bond donors (Lipinski definition) is 2. The number of fused-ring (bicyclic) bond motifs is 1. The molecule has 1 aromatic heterocycles. The van der Waals surface area contributed by atoms with Crippen LogP contribution in [-0.2, 0) is 22.4 Å². The van der Waals surface area contributed by atoms with Crippen molar-refractivity contribution in [3.63, 3.8) is 0 Å². The third-order valence-corrected chi connectivity index (χ3v) is 5.92. The van der Waals surface area contributed by atoms with Crippen LogP contribution >= 0.6 is 0 Å². The van der Waals surface area contributed by atoms with Crippen LogP contribution in [0.3, 0.4) is 0 Å². The Hall–Kier alpha value is -3.55. The fourth-order valence-corrected chi connectivity index (χ4v) is 4.41. The van der Waals surface area contributed by atoms with Gasteiger partial charge in [-0.3, -0.25) is 19.4 Å². The molecule has 1 heterocycles. The molecule has 4 rings (SSSR count). The number of aliphatic carboxylic acids is 1. The summed E-state index contributed by atoms with van der Waals surface area (Å²) < 4.78 is 5.47. The SMILES string of the molecule is O=C(O)CN=C1CCCC(=O)/C1=C(/O)CCc1noc2c1C(=O)CC(c1ccccc1)C2. The molecule has 0 aliphatic heterocycles. The average molecular weight is 436 g/mol. The highest BCUT2D eigenvalue weighted by atomic mass is 16.5. The lowest BCUT2D eigenvalue weighted by molar-refractivity contribution is -0.135. The Kier molecular flexibility index (Phi) is 6.30. The number of carbonyl (C=O) groups excluding carboxylic acids is 2. The summed E-state index contributed by atoms with van der Waals surface area (Å²) >= 11 is 0. The van der Waals surface area contributed by atoms with Gasteiger partial charge in [-0.2, -0.15) is 0 Å². The number of rotatable bonds is 6. The van der Waals surface area contributed by atoms with Gasteiger partial charge in [0.25, 0.3) is 0 Å². The van der Waals surface area contributed by atoms with E-state index in [1.54, 1.807) is 0 Å². The molecule has 32 heavy (non-hydrogen) atoms. The predicted octanol–water partition coefficient (Wildman–Crippen LogP) is 3.61. The molecule has 1 atom stereocenters. The Bertz CT molecular complexity index is 1110. The Morgan fingerprint density at radius 2 is 1.88 bits per heavy atom. The lowest BCUT2D eigenvalue weighted by Crippen LogP contribution is -2.22. The van der Waals surface area contributed by atoms with E-state index < -0.39 is 12.5 Å². The van der Waals surface area contributed by atoms with Gasteiger partial charge in [0.05, 0.1) is 16.8 Å². The van der Waals surface area contributed by atoms with E-state index >= 15 is 0 Å². The van der Waals surface area contributed by atoms with Crippen molar-refractivity contribution in [2.24, 2.45) is 4.99 Å². The van der Waals surface area contributed by atoms with Gasteiger partial charge in [0.1, 0.15) is 18.1 Å². The minimum atomic E-state index is -1.10. The van der Waals surface area contributed by atoms with Crippen LogP contribution in [0, 0.1) is 0 Å². The zero-order valence-corrected chi connectivity index (χ0v) is 17.5. The highest BCUT2D eigenvalue weighted by Gasteiger charge is 2.33. The number of aliphatic hydroxyl groups excluding tert-OH is 1. The molecule has 8 heteroatoms. The molecule has 1 aromatic carbocycles. The monoisotopic (exact) mass is 436 g/mol. The third kappa shape index (κ3) is 4.54. The second-order valence-electron chi connectivity index (χ2n) is 8.12. The summed E-state index contributed by atoms with van der Waals surface area (Å²) in [6.45, 7) is -0.451. The molecule has 2 N–H and O–H groups in total. The van der Waals surface area contributed by atoms with E-state index in [0.717, 1.165) is 5.56 Å². The Morgan fingerprint density at radius 1 is 1.09 bits per heavy atom. The van der Waals surface area contributed by atoms with Crippen LogP contribution < -0.4 is 0 Å². The second-order valence-corrected chi connectivity index (χ2v) is 8.12. The third-order valence-electron chi connectivity index (χ3n) is 5.92. The molecule has 1 fully saturated rings. The number of aliphatic imine (C=N–C) groups is 1. The van der Waals surface area contributed by atoms with Crippen LogP contribution in [0.2, 0.25) is 0 Å². The molecule has 0 amide bonds. The average Bonchev–Trinajstić information content (AvgIpc) is 3.20. The number of carboxylic acids is 1. The summed E-state index contributed by atoms with van der Waals surface area (Å²) in [6.07, 6.45) is 2.55. The number of ketones is 2. The zero-order valence-electron chi connectivity index (χ0n) is 17.5. The maximum atomic E-state index is 12.8. The van der Waals surface area contributed by atoms with E-state index in [1.807, 2.05) is 30.3 Å². The summed E-state index contributed by atoms with van der Waals surface area (Å²) in [7, 11) is 0. The van der Waals surface area contributed by atoms with Gasteiger partial charge in [0, 0.05) is 37.8 Å². The first-order valence-electron chi connectivity index (χ1n) is 10.7. The van der Waals surface area contributed by atoms with Crippen LogP contribution in [-0.4, -0.2) is 45.2 Å². The second kappa shape index (κ2) is 9.30. The maximum absolute atomic E-state index is 12.8. The van der Waals surface area contributed by atoms with E-state index in [9.17, 15) is 19.5 Å². The van der Waals surface area contributed by atoms with Crippen LogP contribution in [0.1, 0.15) is 65.4 Å². The Labute approximate surface area is 184 Å². The lowest BCUT2D eigenvalue weighted by atomic mass is 9.81. The topological polar surface area (TPSA) is 130 Å². The summed E-state index contributed by atoms with van der Waals surface area (Å²) in [6, 6.07) is 9.81. The maximum Gasteiger partial charge on any atom is 0.325 e. The number of aryl methyl sites for hydroxylation is 1. The first kappa shape index (κ1) is 21.7. The van der Waals surface area contributed by atoms with Gasteiger partial charge in [0.15, 0.2) is 11.6 Å². The van der Waals surface area contributed by atoms with Crippen molar-refractivity contribution < 1.29 is 29.1 Å². The van der Waals surface area contributed by atoms with Gasteiger partial charge in [-0.25, -0.2) is 0 Å². The number of aromatic nitrogens is 1. The van der Waals surface area contributed by atoms with Crippen molar-refractivity contribution in [3.8, 4) is 0 Å². The fourth-order valence-electron chi connectivity index (χ4n) is 4.41. The van der Waals surface area contributed by atoms with Crippen molar-refractivity contribution in [2.45, 2.75) is 50.9 Å². The molecule has 0 saturated heterocycles. The molecule has 0 bridgehead atoms. The first-order chi connectivity index (χ1) is 15.4. The number of carboxylic acid groups (broad SMARTS) is 1. The van der Waals surface area contributed by atoms with E-state index in [1.165, 1.54) is 0 Å². The van der Waals surface area contributed by atoms with Gasteiger partial charge < -0.3 is 14.7 Å². The number of nitrogens with zero attached hydrogens (tertiary/aromatic N) is 2. The summed E-state index contributed by atoms with van der Waals surface area (Å²) in [5, 5.41) is 23.6. The molecule has 1 saturated carbocycles. The first-order valence-corrected chi connectivity index (χ1v) is 10.7. The number of hydrogen-bond acceptors (Lipinski definition) is 7. The van der Waals surface area contributed by atoms with Gasteiger partial charge in [0.2, 0.25) is 0 Å². The number of benzene rings is 1. The molecular formula is C24H24N2O6. The van der Waals surface area contributed by atoms with Gasteiger partial charge in [-0.15, -0.1) is 0 Å². The summed E-state index contributed by atoms with van der Waals surface area (Å²) in [4.78, 5) is 40.1. The summed E-state index contributed by atoms with van der Waals surface area (Å²) in [5.74, 6) is -0.949. The lowest BCUT2D eigenvalue weighted by Gasteiger charge is -2.20. The van der Waals surface area contributed by atoms with Crippen LogP contribution in [0.25, 0.3) is 0 Å². The fraction of sp³-hybridized carbons (Fsp3) is 0.375. The number of carbonyl (C=O) groups is 3. The summed E-state index contributed by atoms with van der Waals surface area (Å²) in [5.41, 5.74) is 2.45. The molecular weight excluding hydrogens is 412 g/mol. The van der Waals surface area contributed by atoms with Gasteiger partial charge >= 0.3 is 5.97 Å². The molecule has 0 radical (unpaired) electrons. The highest BCUT2D eigenvalue weighted by Crippen LogP contribution is 2.35. The van der Waals surface area contributed by atoms with Crippen LogP contribution in [0.4, 0.5) is 0 Å². The zero-order chi connectivity index (χ0) is 22.7. The number of allylic oxidation sites excluding steroid dienone is 2. The normalized spacial score (nSPS) is 21.5. The molecule has 1 unspecified atom stereocenters. The molecule has 0 spiro atoms. The van der Waals surface area contributed by atoms with Crippen molar-refractivity contribution in [2.75, 3.05) is 6.54 Å². The Morgan fingerprint density at radius 3 is 2.62 bits per heavy atom. The standard InChI is InChI=1S/C24H24N2O6/c27-18-8-4-7-16(25-13-22(30)31)23(18)19(28)10-9-17-24-20(29)11-15(12-21(24)32-26-17)14-5-2-1-3-6-14/h1-3,5-6,15,28H,4,7-13H2,(H,30,31)/b23-19+,25-16?. The van der Waals surface area contributed by atoms with E-state index in [2.05, 4.69) is 10.1 Å². The van der Waals surface area contributed by atoms with E-state index in [-0.39, 0.29) is 48.1 Å². The molecule has 8 nitrogen and oxygen atoms in total. The van der Waals surface area contributed by atoms with Crippen molar-refractivity contribution in [1.29, 1.82) is 0 Å². The molecule has 2 aliphatic carbocycles. The quantitative estimate of drug-likeness (QED) is 0.522. The van der Waals surface area contributed by atoms with Crippen molar-refractivity contribution in [3.05, 3.63) is 64.2 Å². The van der Waals surface area contributed by atoms with Crippen molar-refractivity contribution in [1.82, 2.24) is 5.16 Å². The molecule has 2 aliphatic rings. The minimum Gasteiger partial charge on any atom is -0.511 e. The minimum absolute atomic E-state index is 0.0408.